The van der Waals surface area contributed by atoms with Crippen molar-refractivity contribution in [1.82, 2.24) is 9.80 Å². The Morgan fingerprint density at radius 2 is 2.07 bits per heavy atom. The number of benzene rings is 1. The standard InChI is InChI=1S/C20H27FN2O4/c1-27-17-5-4-15(13-16(17)21)19(20(25)26)23-11-7-14(8-12-23)6-10-22-9-2-3-18(22)24/h4-5,13-14,19H,2-3,6-12H2,1H3,(H,25,26)/t19-/m0/s1. The molecule has 6 nitrogen and oxygen atoms in total. The highest BCUT2D eigenvalue weighted by Gasteiger charge is 2.32. The average molecular weight is 378 g/mol. The van der Waals surface area contributed by atoms with Crippen LogP contribution in [0.1, 0.15) is 43.7 Å². The molecule has 0 spiro atoms. The molecule has 0 radical (unpaired) electrons. The first-order valence-electron chi connectivity index (χ1n) is 9.57. The molecule has 0 aromatic heterocycles. The van der Waals surface area contributed by atoms with Crippen LogP contribution in [0, 0.1) is 11.7 Å². The number of carbonyl (C=O) groups is 2. The molecule has 0 unspecified atom stereocenters. The number of rotatable bonds is 7. The Morgan fingerprint density at radius 3 is 2.63 bits per heavy atom. The third-order valence-corrected chi connectivity index (χ3v) is 5.72. The Hall–Kier alpha value is -2.15. The van der Waals surface area contributed by atoms with Crippen LogP contribution in [-0.4, -0.2) is 60.1 Å². The molecule has 1 N–H and O–H groups in total. The van der Waals surface area contributed by atoms with Crippen molar-refractivity contribution < 1.29 is 23.8 Å². The fourth-order valence-electron chi connectivity index (χ4n) is 4.14. The minimum absolute atomic E-state index is 0.109. The van der Waals surface area contributed by atoms with Crippen LogP contribution in [-0.2, 0) is 9.59 Å². The highest BCUT2D eigenvalue weighted by molar-refractivity contribution is 5.78. The second kappa shape index (κ2) is 8.69. The molecule has 1 amide bonds. The van der Waals surface area contributed by atoms with Gasteiger partial charge in [0, 0.05) is 19.5 Å². The minimum atomic E-state index is -0.972. The van der Waals surface area contributed by atoms with E-state index in [1.807, 2.05) is 9.80 Å². The fraction of sp³-hybridized carbons (Fsp3) is 0.600. The molecule has 2 aliphatic rings. The molecule has 2 fully saturated rings. The predicted molar refractivity (Wildman–Crippen MR) is 98.1 cm³/mol. The molecule has 1 aromatic rings. The normalized spacial score (nSPS) is 20.1. The van der Waals surface area contributed by atoms with Crippen LogP contribution in [0.2, 0.25) is 0 Å². The molecule has 148 valence electrons. The van der Waals surface area contributed by atoms with Crippen molar-refractivity contribution in [3.05, 3.63) is 29.6 Å². The Bertz CT molecular complexity index is 689. The predicted octanol–water partition coefficient (Wildman–Crippen LogP) is 2.68. The van der Waals surface area contributed by atoms with E-state index in [0.717, 1.165) is 38.8 Å². The highest BCUT2D eigenvalue weighted by Crippen LogP contribution is 2.31. The van der Waals surface area contributed by atoms with Crippen molar-refractivity contribution in [3.8, 4) is 5.75 Å². The van der Waals surface area contributed by atoms with E-state index in [9.17, 15) is 19.1 Å². The number of aliphatic carboxylic acids is 1. The number of amides is 1. The lowest BCUT2D eigenvalue weighted by atomic mass is 9.91. The Morgan fingerprint density at radius 1 is 1.33 bits per heavy atom. The number of nitrogens with zero attached hydrogens (tertiary/aromatic N) is 2. The summed E-state index contributed by atoms with van der Waals surface area (Å²) in [7, 11) is 1.38. The number of halogens is 1. The third kappa shape index (κ3) is 4.58. The zero-order valence-electron chi connectivity index (χ0n) is 15.7. The van der Waals surface area contributed by atoms with Gasteiger partial charge >= 0.3 is 5.97 Å². The van der Waals surface area contributed by atoms with Crippen LogP contribution < -0.4 is 4.74 Å². The summed E-state index contributed by atoms with van der Waals surface area (Å²) in [4.78, 5) is 27.4. The summed E-state index contributed by atoms with van der Waals surface area (Å²) in [5.74, 6) is -0.665. The average Bonchev–Trinajstić information content (AvgIpc) is 3.06. The molecule has 3 rings (SSSR count). The summed E-state index contributed by atoms with van der Waals surface area (Å²) in [5, 5.41) is 9.70. The van der Waals surface area contributed by atoms with E-state index in [1.165, 1.54) is 19.2 Å². The van der Waals surface area contributed by atoms with Crippen LogP contribution >= 0.6 is 0 Å². The quantitative estimate of drug-likeness (QED) is 0.790. The van der Waals surface area contributed by atoms with E-state index in [2.05, 4.69) is 0 Å². The zero-order valence-corrected chi connectivity index (χ0v) is 15.7. The maximum atomic E-state index is 14.0. The molecule has 1 atom stereocenters. The van der Waals surface area contributed by atoms with Gasteiger partial charge in [-0.15, -0.1) is 0 Å². The maximum absolute atomic E-state index is 14.0. The van der Waals surface area contributed by atoms with Gasteiger partial charge in [0.25, 0.3) is 0 Å². The summed E-state index contributed by atoms with van der Waals surface area (Å²) in [6.45, 7) is 2.98. The van der Waals surface area contributed by atoms with E-state index in [-0.39, 0.29) is 11.7 Å². The van der Waals surface area contributed by atoms with Crippen molar-refractivity contribution in [3.63, 3.8) is 0 Å². The van der Waals surface area contributed by atoms with Crippen LogP contribution in [0.15, 0.2) is 18.2 Å². The molecule has 0 bridgehead atoms. The van der Waals surface area contributed by atoms with Gasteiger partial charge in [-0.1, -0.05) is 6.07 Å². The fourth-order valence-corrected chi connectivity index (χ4v) is 4.14. The van der Waals surface area contributed by atoms with Crippen molar-refractivity contribution in [2.24, 2.45) is 5.92 Å². The Balaban J connectivity index is 1.58. The van der Waals surface area contributed by atoms with Crippen molar-refractivity contribution in [1.29, 1.82) is 0 Å². The summed E-state index contributed by atoms with van der Waals surface area (Å²) >= 11 is 0. The van der Waals surface area contributed by atoms with Crippen molar-refractivity contribution in [2.45, 2.75) is 38.1 Å². The van der Waals surface area contributed by atoms with Gasteiger partial charge in [-0.3, -0.25) is 14.5 Å². The van der Waals surface area contributed by atoms with Gasteiger partial charge < -0.3 is 14.7 Å². The first kappa shape index (κ1) is 19.6. The number of ether oxygens (including phenoxy) is 1. The van der Waals surface area contributed by atoms with Gasteiger partial charge in [0.1, 0.15) is 6.04 Å². The van der Waals surface area contributed by atoms with Gasteiger partial charge in [-0.05, 0) is 62.4 Å². The highest BCUT2D eigenvalue weighted by atomic mass is 19.1. The van der Waals surface area contributed by atoms with E-state index >= 15 is 0 Å². The van der Waals surface area contributed by atoms with E-state index in [0.29, 0.717) is 31.0 Å². The van der Waals surface area contributed by atoms with Crippen molar-refractivity contribution in [2.75, 3.05) is 33.3 Å². The van der Waals surface area contributed by atoms with Crippen LogP contribution in [0.3, 0.4) is 0 Å². The SMILES string of the molecule is COc1ccc([C@@H](C(=O)O)N2CCC(CCN3CCCC3=O)CC2)cc1F. The number of carbonyl (C=O) groups excluding carboxylic acids is 1. The molecule has 27 heavy (non-hydrogen) atoms. The second-order valence-electron chi connectivity index (χ2n) is 7.39. The van der Waals surface area contributed by atoms with Gasteiger partial charge in [0.05, 0.1) is 7.11 Å². The Kier molecular flexibility index (Phi) is 6.31. The van der Waals surface area contributed by atoms with Crippen LogP contribution in [0.5, 0.6) is 5.75 Å². The maximum Gasteiger partial charge on any atom is 0.325 e. The van der Waals surface area contributed by atoms with Crippen LogP contribution in [0.4, 0.5) is 4.39 Å². The summed E-state index contributed by atoms with van der Waals surface area (Å²) in [6, 6.07) is 3.49. The lowest BCUT2D eigenvalue weighted by Crippen LogP contribution is -2.40. The number of piperidine rings is 1. The molecular weight excluding hydrogens is 351 g/mol. The lowest BCUT2D eigenvalue weighted by molar-refractivity contribution is -0.144. The number of hydrogen-bond acceptors (Lipinski definition) is 4. The van der Waals surface area contributed by atoms with Gasteiger partial charge in [0.15, 0.2) is 11.6 Å². The van der Waals surface area contributed by atoms with Crippen molar-refractivity contribution >= 4 is 11.9 Å². The lowest BCUT2D eigenvalue weighted by Gasteiger charge is -2.36. The van der Waals surface area contributed by atoms with E-state index < -0.39 is 17.8 Å². The minimum Gasteiger partial charge on any atom is -0.494 e. The number of likely N-dealkylation sites (tertiary alicyclic amines) is 2. The number of carboxylic acids is 1. The van der Waals surface area contributed by atoms with Gasteiger partial charge in [-0.25, -0.2) is 4.39 Å². The van der Waals surface area contributed by atoms with Crippen LogP contribution in [0.25, 0.3) is 0 Å². The van der Waals surface area contributed by atoms with Gasteiger partial charge in [0.2, 0.25) is 5.91 Å². The number of carboxylic acid groups (broad SMARTS) is 1. The molecule has 0 saturated carbocycles. The molecular formula is C20H27FN2O4. The largest absolute Gasteiger partial charge is 0.494 e. The number of methoxy groups -OCH3 is 1. The van der Waals surface area contributed by atoms with E-state index in [1.54, 1.807) is 6.07 Å². The number of hydrogen-bond donors (Lipinski definition) is 1. The topological polar surface area (TPSA) is 70.1 Å². The summed E-state index contributed by atoms with van der Waals surface area (Å²) in [5.41, 5.74) is 0.432. The monoisotopic (exact) mass is 378 g/mol. The smallest absolute Gasteiger partial charge is 0.325 e. The van der Waals surface area contributed by atoms with E-state index in [4.69, 9.17) is 4.74 Å². The molecule has 2 aliphatic heterocycles. The summed E-state index contributed by atoms with van der Waals surface area (Å²) in [6.07, 6.45) is 4.37. The summed E-state index contributed by atoms with van der Waals surface area (Å²) < 4.78 is 18.9. The Labute approximate surface area is 158 Å². The molecule has 0 aliphatic carbocycles. The molecule has 2 saturated heterocycles. The molecule has 1 aromatic carbocycles. The zero-order chi connectivity index (χ0) is 19.4. The molecule has 2 heterocycles. The first-order valence-corrected chi connectivity index (χ1v) is 9.57. The van der Waals surface area contributed by atoms with Gasteiger partial charge in [-0.2, -0.15) is 0 Å². The first-order chi connectivity index (χ1) is 13.0. The second-order valence-corrected chi connectivity index (χ2v) is 7.39. The molecule has 7 heteroatoms. The third-order valence-electron chi connectivity index (χ3n) is 5.72.